The van der Waals surface area contributed by atoms with Crippen LogP contribution >= 0.6 is 11.8 Å². The number of nitrogens with zero attached hydrogens (tertiary/aromatic N) is 3. The first-order chi connectivity index (χ1) is 9.74. The van der Waals surface area contributed by atoms with E-state index in [1.54, 1.807) is 0 Å². The maximum Gasteiger partial charge on any atom is 0.263 e. The quantitative estimate of drug-likeness (QED) is 0.740. The number of nitrogens with one attached hydrogen (secondary N) is 1. The molecule has 1 N–H and O–H groups in total. The third kappa shape index (κ3) is 2.75. The monoisotopic (exact) mass is 286 g/mol. The average Bonchev–Trinajstić information content (AvgIpc) is 2.80. The molecule has 0 saturated heterocycles. The van der Waals surface area contributed by atoms with E-state index in [4.69, 9.17) is 4.42 Å². The summed E-state index contributed by atoms with van der Waals surface area (Å²) in [6.45, 7) is 4.74. The van der Waals surface area contributed by atoms with Crippen LogP contribution in [0.2, 0.25) is 0 Å². The predicted molar refractivity (Wildman–Crippen MR) is 79.1 cm³/mol. The number of hydrogen-bond donors (Lipinski definition) is 1. The molecule has 0 spiro atoms. The first kappa shape index (κ1) is 12.9. The molecule has 0 amide bonds. The second kappa shape index (κ2) is 5.50. The largest absolute Gasteiger partial charge is 0.431 e. The molecule has 2 heterocycles. The first-order valence-electron chi connectivity index (χ1n) is 6.37. The molecule has 1 aromatic carbocycles. The fraction of sp³-hybridized carbons (Fsp3) is 0.214. The molecule has 5 nitrogen and oxygen atoms in total. The maximum absolute atomic E-state index is 5.68. The molecule has 0 aliphatic rings. The number of fused-ring (bicyclic) bond motifs is 1. The van der Waals surface area contributed by atoms with Gasteiger partial charge in [-0.15, -0.1) is 0 Å². The van der Waals surface area contributed by atoms with Crippen molar-refractivity contribution in [2.24, 2.45) is 0 Å². The van der Waals surface area contributed by atoms with E-state index in [9.17, 15) is 0 Å². The van der Waals surface area contributed by atoms with Crippen molar-refractivity contribution in [3.8, 4) is 0 Å². The molecule has 0 bridgehead atoms. The Morgan fingerprint density at radius 2 is 2.05 bits per heavy atom. The van der Waals surface area contributed by atoms with E-state index in [-0.39, 0.29) is 0 Å². The molecule has 0 unspecified atom stereocenters. The van der Waals surface area contributed by atoms with E-state index in [0.29, 0.717) is 11.2 Å². The van der Waals surface area contributed by atoms with Gasteiger partial charge in [-0.2, -0.15) is 0 Å². The normalized spacial score (nSPS) is 10.9. The summed E-state index contributed by atoms with van der Waals surface area (Å²) in [5.41, 5.74) is 2.55. The number of rotatable bonds is 4. The highest BCUT2D eigenvalue weighted by molar-refractivity contribution is 7.99. The summed E-state index contributed by atoms with van der Waals surface area (Å²) in [4.78, 5) is 13.2. The molecule has 0 saturated carbocycles. The summed E-state index contributed by atoms with van der Waals surface area (Å²) in [7, 11) is 0. The van der Waals surface area contributed by atoms with Crippen molar-refractivity contribution in [1.29, 1.82) is 0 Å². The van der Waals surface area contributed by atoms with Gasteiger partial charge in [0.25, 0.3) is 5.22 Å². The van der Waals surface area contributed by atoms with Gasteiger partial charge in [0.2, 0.25) is 5.95 Å². The minimum atomic E-state index is 0.590. The highest BCUT2D eigenvalue weighted by Gasteiger charge is 2.09. The van der Waals surface area contributed by atoms with Crippen LogP contribution in [0.4, 0.5) is 5.95 Å². The van der Waals surface area contributed by atoms with Crippen LogP contribution in [-0.4, -0.2) is 21.5 Å². The molecule has 20 heavy (non-hydrogen) atoms. The van der Waals surface area contributed by atoms with Gasteiger partial charge in [-0.1, -0.05) is 12.1 Å². The minimum absolute atomic E-state index is 0.590. The van der Waals surface area contributed by atoms with Gasteiger partial charge in [0.05, 0.1) is 0 Å². The van der Waals surface area contributed by atoms with Crippen LogP contribution in [0.15, 0.2) is 45.0 Å². The van der Waals surface area contributed by atoms with Gasteiger partial charge in [0, 0.05) is 12.2 Å². The van der Waals surface area contributed by atoms with Gasteiger partial charge in [0.15, 0.2) is 5.58 Å². The lowest BCUT2D eigenvalue weighted by Gasteiger charge is -2.04. The standard InChI is InChI=1S/C14H14N4OS/c1-3-15-13-16-9(2)8-12(18-13)20-14-17-10-6-4-5-7-11(10)19-14/h4-8H,3H2,1-2H3,(H,15,16,18). The van der Waals surface area contributed by atoms with E-state index >= 15 is 0 Å². The summed E-state index contributed by atoms with van der Waals surface area (Å²) in [6, 6.07) is 9.62. The van der Waals surface area contributed by atoms with Crippen LogP contribution in [0.1, 0.15) is 12.6 Å². The van der Waals surface area contributed by atoms with Crippen molar-refractivity contribution in [1.82, 2.24) is 15.0 Å². The lowest BCUT2D eigenvalue weighted by Crippen LogP contribution is -2.03. The van der Waals surface area contributed by atoms with E-state index in [0.717, 1.165) is 28.4 Å². The molecular weight excluding hydrogens is 272 g/mol. The zero-order valence-electron chi connectivity index (χ0n) is 11.3. The Labute approximate surface area is 120 Å². The number of aromatic nitrogens is 3. The SMILES string of the molecule is CCNc1nc(C)cc(Sc2nc3ccccc3o2)n1. The Bertz CT molecular complexity index is 708. The molecule has 0 fully saturated rings. The smallest absolute Gasteiger partial charge is 0.263 e. The molecule has 0 radical (unpaired) electrons. The third-order valence-corrected chi connectivity index (χ3v) is 3.40. The summed E-state index contributed by atoms with van der Waals surface area (Å²) in [5, 5.41) is 4.52. The molecule has 0 atom stereocenters. The zero-order valence-corrected chi connectivity index (χ0v) is 12.1. The van der Waals surface area contributed by atoms with Crippen molar-refractivity contribution in [3.05, 3.63) is 36.0 Å². The van der Waals surface area contributed by atoms with E-state index < -0.39 is 0 Å². The van der Waals surface area contributed by atoms with Gasteiger partial charge in [0.1, 0.15) is 10.5 Å². The minimum Gasteiger partial charge on any atom is -0.431 e. The number of para-hydroxylation sites is 2. The van der Waals surface area contributed by atoms with Gasteiger partial charge >= 0.3 is 0 Å². The molecule has 3 rings (SSSR count). The van der Waals surface area contributed by atoms with Gasteiger partial charge in [-0.3, -0.25) is 0 Å². The average molecular weight is 286 g/mol. The lowest BCUT2D eigenvalue weighted by molar-refractivity contribution is 0.489. The molecule has 6 heteroatoms. The van der Waals surface area contributed by atoms with Crippen LogP contribution in [-0.2, 0) is 0 Å². The summed E-state index contributed by atoms with van der Waals surface area (Å²) >= 11 is 1.40. The van der Waals surface area contributed by atoms with Gasteiger partial charge in [-0.25, -0.2) is 15.0 Å². The Morgan fingerprint density at radius 3 is 2.85 bits per heavy atom. The van der Waals surface area contributed by atoms with Crippen LogP contribution in [0, 0.1) is 6.92 Å². The van der Waals surface area contributed by atoms with Gasteiger partial charge in [-0.05, 0) is 43.8 Å². The molecule has 3 aromatic rings. The fourth-order valence-corrected chi connectivity index (χ4v) is 2.63. The fourth-order valence-electron chi connectivity index (χ4n) is 1.81. The zero-order chi connectivity index (χ0) is 13.9. The van der Waals surface area contributed by atoms with Crippen LogP contribution < -0.4 is 5.32 Å². The Balaban J connectivity index is 1.90. The molecule has 0 aliphatic carbocycles. The Morgan fingerprint density at radius 1 is 1.20 bits per heavy atom. The number of hydrogen-bond acceptors (Lipinski definition) is 6. The second-order valence-electron chi connectivity index (χ2n) is 4.25. The molecule has 2 aromatic heterocycles. The van der Waals surface area contributed by atoms with Crippen LogP contribution in [0.5, 0.6) is 0 Å². The predicted octanol–water partition coefficient (Wildman–Crippen LogP) is 3.51. The topological polar surface area (TPSA) is 63.8 Å². The van der Waals surface area contributed by atoms with Crippen LogP contribution in [0.3, 0.4) is 0 Å². The van der Waals surface area contributed by atoms with Crippen molar-refractivity contribution in [3.63, 3.8) is 0 Å². The van der Waals surface area contributed by atoms with E-state index in [1.165, 1.54) is 11.8 Å². The Kier molecular flexibility index (Phi) is 3.56. The van der Waals surface area contributed by atoms with E-state index in [1.807, 2.05) is 44.2 Å². The lowest BCUT2D eigenvalue weighted by atomic mass is 10.3. The summed E-state index contributed by atoms with van der Waals surface area (Å²) in [6.07, 6.45) is 0. The summed E-state index contributed by atoms with van der Waals surface area (Å²) < 4.78 is 5.68. The van der Waals surface area contributed by atoms with Crippen molar-refractivity contribution >= 4 is 28.8 Å². The van der Waals surface area contributed by atoms with Crippen molar-refractivity contribution < 1.29 is 4.42 Å². The second-order valence-corrected chi connectivity index (χ2v) is 5.22. The van der Waals surface area contributed by atoms with Crippen LogP contribution in [0.25, 0.3) is 11.1 Å². The van der Waals surface area contributed by atoms with Crippen molar-refractivity contribution in [2.75, 3.05) is 11.9 Å². The van der Waals surface area contributed by atoms with E-state index in [2.05, 4.69) is 20.3 Å². The number of benzene rings is 1. The summed E-state index contributed by atoms with van der Waals surface area (Å²) in [5.74, 6) is 0.631. The Hall–Kier alpha value is -2.08. The molecule has 102 valence electrons. The molecular formula is C14H14N4OS. The van der Waals surface area contributed by atoms with Gasteiger partial charge < -0.3 is 9.73 Å². The number of aryl methyl sites for hydroxylation is 1. The third-order valence-electron chi connectivity index (χ3n) is 2.63. The molecule has 0 aliphatic heterocycles. The maximum atomic E-state index is 5.68. The van der Waals surface area contributed by atoms with Crippen molar-refractivity contribution in [2.45, 2.75) is 24.1 Å². The first-order valence-corrected chi connectivity index (χ1v) is 7.19. The highest BCUT2D eigenvalue weighted by Crippen LogP contribution is 2.29. The number of oxazole rings is 1. The highest BCUT2D eigenvalue weighted by atomic mass is 32.2. The number of anilines is 1.